The van der Waals surface area contributed by atoms with Crippen molar-refractivity contribution in [3.63, 3.8) is 0 Å². The Morgan fingerprint density at radius 3 is 2.22 bits per heavy atom. The molecule has 1 aliphatic heterocycles. The van der Waals surface area contributed by atoms with Gasteiger partial charge in [0.2, 0.25) is 0 Å². The maximum atomic E-state index is 13.1. The number of carbonyl (C=O) groups excluding carboxylic acids is 2. The summed E-state index contributed by atoms with van der Waals surface area (Å²) in [4.78, 5) is 31.7. The number of anilines is 1. The molecule has 6 nitrogen and oxygen atoms in total. The number of aliphatic hydroxyl groups is 1. The van der Waals surface area contributed by atoms with Crippen molar-refractivity contribution in [3.05, 3.63) is 95.3 Å². The lowest BCUT2D eigenvalue weighted by Gasteiger charge is -2.25. The highest BCUT2D eigenvalue weighted by molar-refractivity contribution is 6.51. The summed E-state index contributed by atoms with van der Waals surface area (Å²) in [7, 11) is 0. The molecule has 1 fully saturated rings. The van der Waals surface area contributed by atoms with Gasteiger partial charge in [-0.15, -0.1) is 0 Å². The summed E-state index contributed by atoms with van der Waals surface area (Å²) in [5.41, 5.74) is 2.88. The lowest BCUT2D eigenvalue weighted by atomic mass is 9.95. The van der Waals surface area contributed by atoms with Crippen molar-refractivity contribution >= 4 is 23.1 Å². The minimum atomic E-state index is -0.776. The van der Waals surface area contributed by atoms with Crippen molar-refractivity contribution in [2.75, 3.05) is 11.5 Å². The first kappa shape index (κ1) is 21.3. The Kier molecular flexibility index (Phi) is 6.03. The van der Waals surface area contributed by atoms with Gasteiger partial charge in [-0.2, -0.15) is 0 Å². The number of aromatic nitrogens is 1. The van der Waals surface area contributed by atoms with E-state index in [9.17, 15) is 14.7 Å². The van der Waals surface area contributed by atoms with Gasteiger partial charge in [-0.1, -0.05) is 31.2 Å². The number of aliphatic hydroxyl groups excluding tert-OH is 1. The smallest absolute Gasteiger partial charge is 0.300 e. The molecule has 1 amide bonds. The third-order valence-corrected chi connectivity index (χ3v) is 5.53. The summed E-state index contributed by atoms with van der Waals surface area (Å²) in [6.45, 7) is 4.46. The van der Waals surface area contributed by atoms with E-state index in [0.29, 0.717) is 29.2 Å². The second-order valence-electron chi connectivity index (χ2n) is 7.43. The molecule has 2 aromatic carbocycles. The van der Waals surface area contributed by atoms with Gasteiger partial charge in [-0.3, -0.25) is 19.5 Å². The Morgan fingerprint density at radius 1 is 0.969 bits per heavy atom. The summed E-state index contributed by atoms with van der Waals surface area (Å²) >= 11 is 0. The summed E-state index contributed by atoms with van der Waals surface area (Å²) in [5, 5.41) is 11.1. The molecule has 162 valence electrons. The molecule has 1 aromatic heterocycles. The molecule has 0 spiro atoms. The Bertz CT molecular complexity index is 1150. The third kappa shape index (κ3) is 3.87. The van der Waals surface area contributed by atoms with Gasteiger partial charge in [-0.05, 0) is 60.9 Å². The van der Waals surface area contributed by atoms with Gasteiger partial charge < -0.3 is 9.84 Å². The Hall–Kier alpha value is -3.93. The van der Waals surface area contributed by atoms with Crippen LogP contribution in [0.1, 0.15) is 36.6 Å². The van der Waals surface area contributed by atoms with Crippen molar-refractivity contribution in [2.24, 2.45) is 0 Å². The number of ketones is 1. The van der Waals surface area contributed by atoms with Crippen LogP contribution >= 0.6 is 0 Å². The fourth-order valence-electron chi connectivity index (χ4n) is 3.88. The van der Waals surface area contributed by atoms with E-state index in [2.05, 4.69) is 4.98 Å². The second kappa shape index (κ2) is 9.06. The molecule has 0 aliphatic carbocycles. The van der Waals surface area contributed by atoms with Crippen molar-refractivity contribution in [1.29, 1.82) is 0 Å². The molecular formula is C26H24N2O4. The monoisotopic (exact) mass is 428 g/mol. The molecule has 32 heavy (non-hydrogen) atoms. The maximum Gasteiger partial charge on any atom is 0.300 e. The van der Waals surface area contributed by atoms with Gasteiger partial charge in [0.25, 0.3) is 11.7 Å². The first-order valence-electron chi connectivity index (χ1n) is 10.6. The van der Waals surface area contributed by atoms with Crippen LogP contribution < -0.4 is 9.64 Å². The normalized spacial score (nSPS) is 17.6. The van der Waals surface area contributed by atoms with E-state index < -0.39 is 17.7 Å². The van der Waals surface area contributed by atoms with Crippen LogP contribution in [0.4, 0.5) is 5.69 Å². The molecule has 6 heteroatoms. The summed E-state index contributed by atoms with van der Waals surface area (Å²) in [6.07, 6.45) is 4.06. The minimum Gasteiger partial charge on any atom is -0.507 e. The number of hydrogen-bond acceptors (Lipinski definition) is 5. The van der Waals surface area contributed by atoms with E-state index >= 15 is 0 Å². The van der Waals surface area contributed by atoms with E-state index in [4.69, 9.17) is 4.74 Å². The molecule has 4 rings (SSSR count). The van der Waals surface area contributed by atoms with E-state index in [0.717, 1.165) is 12.0 Å². The van der Waals surface area contributed by atoms with Crippen molar-refractivity contribution in [2.45, 2.75) is 26.3 Å². The van der Waals surface area contributed by atoms with Gasteiger partial charge in [-0.25, -0.2) is 0 Å². The number of hydrogen-bond donors (Lipinski definition) is 1. The van der Waals surface area contributed by atoms with Gasteiger partial charge in [0.15, 0.2) is 0 Å². The van der Waals surface area contributed by atoms with Crippen LogP contribution in [0.3, 0.4) is 0 Å². The molecule has 0 saturated carbocycles. The molecule has 1 unspecified atom stereocenters. The molecule has 3 aromatic rings. The van der Waals surface area contributed by atoms with E-state index in [1.54, 1.807) is 60.9 Å². The number of aryl methyl sites for hydroxylation is 1. The lowest BCUT2D eigenvalue weighted by molar-refractivity contribution is -0.132. The van der Waals surface area contributed by atoms with E-state index in [1.165, 1.54) is 4.90 Å². The average molecular weight is 428 g/mol. The summed E-state index contributed by atoms with van der Waals surface area (Å²) in [5.74, 6) is -0.939. The number of benzene rings is 2. The SMILES string of the molecule is CCOc1ccc(N2C(=O)C(=O)/C(=C(\O)c3ccc(CC)cc3)C2c2ccncc2)cc1. The van der Waals surface area contributed by atoms with Crippen LogP contribution in [0.15, 0.2) is 78.6 Å². The van der Waals surface area contributed by atoms with Crippen molar-refractivity contribution in [1.82, 2.24) is 4.98 Å². The van der Waals surface area contributed by atoms with Crippen LogP contribution in [0, 0.1) is 0 Å². The van der Waals surface area contributed by atoms with Crippen LogP contribution in [0.5, 0.6) is 5.75 Å². The number of carbonyl (C=O) groups is 2. The predicted octanol–water partition coefficient (Wildman–Crippen LogP) is 4.67. The molecule has 0 radical (unpaired) electrons. The first-order chi connectivity index (χ1) is 15.5. The zero-order chi connectivity index (χ0) is 22.7. The Balaban J connectivity index is 1.85. The second-order valence-corrected chi connectivity index (χ2v) is 7.43. The van der Waals surface area contributed by atoms with Crippen molar-refractivity contribution < 1.29 is 19.4 Å². The largest absolute Gasteiger partial charge is 0.507 e. The maximum absolute atomic E-state index is 13.1. The molecule has 2 heterocycles. The van der Waals surface area contributed by atoms with Crippen molar-refractivity contribution in [3.8, 4) is 5.75 Å². The number of Topliss-reactive ketones (excluding diaryl/α,β-unsaturated/α-hetero) is 1. The van der Waals surface area contributed by atoms with Gasteiger partial charge in [0.05, 0.1) is 18.2 Å². The topological polar surface area (TPSA) is 79.7 Å². The highest BCUT2D eigenvalue weighted by Crippen LogP contribution is 2.42. The van der Waals surface area contributed by atoms with Crippen LogP contribution in [0.2, 0.25) is 0 Å². The number of pyridine rings is 1. The fourth-order valence-corrected chi connectivity index (χ4v) is 3.88. The highest BCUT2D eigenvalue weighted by atomic mass is 16.5. The van der Waals surface area contributed by atoms with Crippen LogP contribution in [0.25, 0.3) is 5.76 Å². The Morgan fingerprint density at radius 2 is 1.62 bits per heavy atom. The quantitative estimate of drug-likeness (QED) is 0.351. The molecule has 1 atom stereocenters. The fraction of sp³-hybridized carbons (Fsp3) is 0.192. The zero-order valence-electron chi connectivity index (χ0n) is 18.0. The molecular weight excluding hydrogens is 404 g/mol. The zero-order valence-corrected chi connectivity index (χ0v) is 18.0. The van der Waals surface area contributed by atoms with E-state index in [-0.39, 0.29) is 11.3 Å². The van der Waals surface area contributed by atoms with Gasteiger partial charge in [0.1, 0.15) is 11.5 Å². The summed E-state index contributed by atoms with van der Waals surface area (Å²) < 4.78 is 5.49. The first-order valence-corrected chi connectivity index (χ1v) is 10.6. The average Bonchev–Trinajstić information content (AvgIpc) is 3.10. The standard InChI is InChI=1S/C26H24N2O4/c1-3-17-5-7-19(8-6-17)24(29)22-23(18-13-15-27-16-14-18)28(26(31)25(22)30)20-9-11-21(12-10-20)32-4-2/h5-16,23,29H,3-4H2,1-2H3/b24-22-. The lowest BCUT2D eigenvalue weighted by Crippen LogP contribution is -2.29. The third-order valence-electron chi connectivity index (χ3n) is 5.53. The molecule has 0 bridgehead atoms. The van der Waals surface area contributed by atoms with Crippen LogP contribution in [-0.4, -0.2) is 28.4 Å². The number of rotatable bonds is 6. The Labute approximate surface area is 186 Å². The number of nitrogens with zero attached hydrogens (tertiary/aromatic N) is 2. The van der Waals surface area contributed by atoms with E-state index in [1.807, 2.05) is 26.0 Å². The van der Waals surface area contributed by atoms with Gasteiger partial charge in [0, 0.05) is 23.6 Å². The number of ether oxygens (including phenoxy) is 1. The molecule has 1 aliphatic rings. The molecule has 1 saturated heterocycles. The minimum absolute atomic E-state index is 0.0549. The highest BCUT2D eigenvalue weighted by Gasteiger charge is 2.46. The van der Waals surface area contributed by atoms with Gasteiger partial charge >= 0.3 is 0 Å². The molecule has 1 N–H and O–H groups in total. The number of amides is 1. The summed E-state index contributed by atoms with van der Waals surface area (Å²) in [6, 6.07) is 17.0. The van der Waals surface area contributed by atoms with Crippen LogP contribution in [-0.2, 0) is 16.0 Å². The predicted molar refractivity (Wildman–Crippen MR) is 122 cm³/mol.